The van der Waals surface area contributed by atoms with Gasteiger partial charge in [-0.1, -0.05) is 0 Å². The van der Waals surface area contributed by atoms with Crippen molar-refractivity contribution in [1.82, 2.24) is 10.8 Å². The Morgan fingerprint density at radius 2 is 2.15 bits per heavy atom. The molecule has 8 heteroatoms. The van der Waals surface area contributed by atoms with Crippen molar-refractivity contribution in [3.05, 3.63) is 0 Å². The Balaban J connectivity index is 2.59. The summed E-state index contributed by atoms with van der Waals surface area (Å²) in [7, 11) is -3.06. The predicted octanol–water partition coefficient (Wildman–Crippen LogP) is -0.756. The number of hydrogen-bond donors (Lipinski definition) is 3. The topological polar surface area (TPSA) is 78.4 Å². The Morgan fingerprint density at radius 3 is 2.54 bits per heavy atom. The van der Waals surface area contributed by atoms with E-state index in [0.29, 0.717) is 0 Å². The molecule has 1 saturated heterocycles. The molecule has 1 rings (SSSR count). The van der Waals surface area contributed by atoms with Gasteiger partial charge in [0.05, 0.1) is 22.9 Å². The third kappa shape index (κ3) is 2.94. The van der Waals surface area contributed by atoms with Gasteiger partial charge in [0.15, 0.2) is 14.9 Å². The van der Waals surface area contributed by atoms with Gasteiger partial charge in [-0.15, -0.1) is 11.6 Å². The molecule has 0 saturated carbocycles. The van der Waals surface area contributed by atoms with Crippen molar-refractivity contribution in [3.63, 3.8) is 0 Å². The molecule has 0 aromatic carbocycles. The third-order valence-corrected chi connectivity index (χ3v) is 4.29. The van der Waals surface area contributed by atoms with Crippen LogP contribution in [-0.4, -0.2) is 41.7 Å². The van der Waals surface area contributed by atoms with Crippen LogP contribution in [0.15, 0.2) is 0 Å². The lowest BCUT2D eigenvalue weighted by molar-refractivity contribution is 0.232. The molecule has 0 amide bonds. The Morgan fingerprint density at radius 1 is 1.54 bits per heavy atom. The largest absolute Gasteiger partial charge is 0.356 e. The van der Waals surface area contributed by atoms with Crippen molar-refractivity contribution in [2.75, 3.05) is 11.5 Å². The molecule has 1 heterocycles. The summed E-state index contributed by atoms with van der Waals surface area (Å²) in [6.45, 7) is 0. The summed E-state index contributed by atoms with van der Waals surface area (Å²) in [6, 6.07) is -0.432. The first-order valence-corrected chi connectivity index (χ1v) is 6.16. The zero-order chi connectivity index (χ0) is 10.1. The smallest absolute Gasteiger partial charge is 0.190 e. The normalized spacial score (nSPS) is 31.2. The van der Waals surface area contributed by atoms with Crippen LogP contribution >= 0.6 is 23.8 Å². The van der Waals surface area contributed by atoms with Gasteiger partial charge in [0.1, 0.15) is 0 Å². The number of sulfone groups is 1. The van der Waals surface area contributed by atoms with Gasteiger partial charge in [-0.25, -0.2) is 13.9 Å². The first kappa shape index (κ1) is 11.0. The number of hydroxylamine groups is 1. The molecule has 0 aromatic rings. The standard InChI is InChI=1S/C5H9ClN2O3S2/c6-3-1-13(10,11)2-4(3)7-5(12)8-9/h3-4,9H,1-2H2,(H2,7,8,12). The van der Waals surface area contributed by atoms with E-state index in [2.05, 4.69) is 17.5 Å². The molecule has 13 heavy (non-hydrogen) atoms. The van der Waals surface area contributed by atoms with Crippen LogP contribution in [0.25, 0.3) is 0 Å². The first-order chi connectivity index (χ1) is 5.94. The monoisotopic (exact) mass is 244 g/mol. The van der Waals surface area contributed by atoms with Crippen LogP contribution in [0.3, 0.4) is 0 Å². The summed E-state index contributed by atoms with van der Waals surface area (Å²) in [5, 5.41) is 10.4. The highest BCUT2D eigenvalue weighted by molar-refractivity contribution is 7.91. The maximum Gasteiger partial charge on any atom is 0.190 e. The van der Waals surface area contributed by atoms with Crippen LogP contribution in [0.1, 0.15) is 0 Å². The van der Waals surface area contributed by atoms with Crippen molar-refractivity contribution in [3.8, 4) is 0 Å². The van der Waals surface area contributed by atoms with Crippen molar-refractivity contribution < 1.29 is 13.6 Å². The lowest BCUT2D eigenvalue weighted by atomic mass is 10.3. The fraction of sp³-hybridized carbons (Fsp3) is 0.800. The van der Waals surface area contributed by atoms with Gasteiger partial charge in [-0.3, -0.25) is 5.21 Å². The fourth-order valence-electron chi connectivity index (χ4n) is 1.14. The highest BCUT2D eigenvalue weighted by Gasteiger charge is 2.36. The second-order valence-corrected chi connectivity index (χ2v) is 5.91. The molecule has 0 bridgehead atoms. The molecule has 5 nitrogen and oxygen atoms in total. The minimum atomic E-state index is -3.06. The summed E-state index contributed by atoms with van der Waals surface area (Å²) < 4.78 is 22.1. The Kier molecular flexibility index (Phi) is 3.33. The highest BCUT2D eigenvalue weighted by atomic mass is 35.5. The summed E-state index contributed by atoms with van der Waals surface area (Å²) in [4.78, 5) is 0. The van der Waals surface area contributed by atoms with Gasteiger partial charge in [0.25, 0.3) is 0 Å². The number of thiocarbonyl (C=S) groups is 1. The van der Waals surface area contributed by atoms with Crippen LogP contribution in [-0.2, 0) is 9.84 Å². The summed E-state index contributed by atoms with van der Waals surface area (Å²) in [6.07, 6.45) is 0. The number of rotatable bonds is 1. The molecule has 2 atom stereocenters. The molecule has 1 aliphatic rings. The van der Waals surface area contributed by atoms with Crippen LogP contribution in [0.2, 0.25) is 0 Å². The van der Waals surface area contributed by atoms with Gasteiger partial charge in [0, 0.05) is 0 Å². The third-order valence-electron chi connectivity index (χ3n) is 1.70. The Bertz CT molecular complexity index is 305. The van der Waals surface area contributed by atoms with Gasteiger partial charge < -0.3 is 5.32 Å². The molecule has 0 aliphatic carbocycles. The second-order valence-electron chi connectivity index (χ2n) is 2.78. The fourth-order valence-corrected chi connectivity index (χ4v) is 3.84. The van der Waals surface area contributed by atoms with E-state index in [4.69, 9.17) is 16.8 Å². The van der Waals surface area contributed by atoms with Crippen LogP contribution < -0.4 is 10.8 Å². The van der Waals surface area contributed by atoms with E-state index in [0.717, 1.165) is 0 Å². The zero-order valence-corrected chi connectivity index (χ0v) is 8.92. The molecule has 0 aromatic heterocycles. The van der Waals surface area contributed by atoms with Crippen molar-refractivity contribution in [2.24, 2.45) is 0 Å². The van der Waals surface area contributed by atoms with Crippen molar-refractivity contribution in [2.45, 2.75) is 11.4 Å². The Hall–Kier alpha value is -0.110. The van der Waals surface area contributed by atoms with Crippen LogP contribution in [0.4, 0.5) is 0 Å². The Labute approximate surface area is 86.3 Å². The minimum Gasteiger partial charge on any atom is -0.356 e. The maximum absolute atomic E-state index is 11.1. The summed E-state index contributed by atoms with van der Waals surface area (Å²) in [5.74, 6) is -0.108. The molecule has 76 valence electrons. The average Bonchev–Trinajstić information content (AvgIpc) is 2.24. The van der Waals surface area contributed by atoms with E-state index in [1.807, 2.05) is 0 Å². The highest BCUT2D eigenvalue weighted by Crippen LogP contribution is 2.17. The van der Waals surface area contributed by atoms with Gasteiger partial charge in [-0.05, 0) is 12.2 Å². The van der Waals surface area contributed by atoms with Crippen LogP contribution in [0.5, 0.6) is 0 Å². The van der Waals surface area contributed by atoms with Gasteiger partial charge in [0.2, 0.25) is 0 Å². The predicted molar refractivity (Wildman–Crippen MR) is 52.7 cm³/mol. The van der Waals surface area contributed by atoms with Gasteiger partial charge >= 0.3 is 0 Å². The number of hydrogen-bond acceptors (Lipinski definition) is 4. The summed E-state index contributed by atoms with van der Waals surface area (Å²) in [5.41, 5.74) is 1.71. The van der Waals surface area contributed by atoms with Gasteiger partial charge in [-0.2, -0.15) is 0 Å². The quantitative estimate of drug-likeness (QED) is 0.320. The molecular weight excluding hydrogens is 236 g/mol. The average molecular weight is 245 g/mol. The van der Waals surface area contributed by atoms with Crippen LogP contribution in [0, 0.1) is 0 Å². The van der Waals surface area contributed by atoms with E-state index >= 15 is 0 Å². The number of nitrogens with one attached hydrogen (secondary N) is 2. The van der Waals surface area contributed by atoms with E-state index in [1.165, 1.54) is 0 Å². The molecule has 2 unspecified atom stereocenters. The SMILES string of the molecule is O=S1(=O)CC(Cl)C(NC(=S)NO)C1. The molecule has 0 radical (unpaired) electrons. The molecule has 1 aliphatic heterocycles. The second kappa shape index (κ2) is 3.95. The van der Waals surface area contributed by atoms with E-state index in [9.17, 15) is 8.42 Å². The van der Waals surface area contributed by atoms with Crippen molar-refractivity contribution >= 4 is 38.8 Å². The molecule has 1 fully saturated rings. The van der Waals surface area contributed by atoms with Crippen molar-refractivity contribution in [1.29, 1.82) is 0 Å². The minimum absolute atomic E-state index is 0.0206. The zero-order valence-electron chi connectivity index (χ0n) is 6.53. The lowest BCUT2D eigenvalue weighted by Gasteiger charge is -2.14. The van der Waals surface area contributed by atoms with E-state index < -0.39 is 21.3 Å². The number of halogens is 1. The first-order valence-electron chi connectivity index (χ1n) is 3.50. The molecule has 3 N–H and O–H groups in total. The summed E-state index contributed by atoms with van der Waals surface area (Å²) >= 11 is 10.3. The lowest BCUT2D eigenvalue weighted by Crippen LogP contribution is -2.44. The molecular formula is C5H9ClN2O3S2. The maximum atomic E-state index is 11.1. The van der Waals surface area contributed by atoms with E-state index in [-0.39, 0.29) is 16.6 Å². The number of alkyl halides is 1. The van der Waals surface area contributed by atoms with E-state index in [1.54, 1.807) is 5.48 Å². The molecule has 0 spiro atoms.